The second kappa shape index (κ2) is 5.76. The zero-order valence-corrected chi connectivity index (χ0v) is 10.0. The molecule has 0 aromatic heterocycles. The highest BCUT2D eigenvalue weighted by molar-refractivity contribution is 6.16. The van der Waals surface area contributed by atoms with Crippen molar-refractivity contribution < 1.29 is 24.4 Å². The van der Waals surface area contributed by atoms with Crippen molar-refractivity contribution in [3.05, 3.63) is 46.5 Å². The molecule has 1 aromatic rings. The molecule has 0 radical (unpaired) electrons. The molecular formula is C12H11NO6. The Labute approximate surface area is 108 Å². The minimum Gasteiger partial charge on any atom is -0.479 e. The van der Waals surface area contributed by atoms with E-state index in [4.69, 9.17) is 5.11 Å². The number of carboxylic acids is 1. The first-order valence-electron chi connectivity index (χ1n) is 5.20. The summed E-state index contributed by atoms with van der Waals surface area (Å²) in [5.74, 6) is -2.16. The fourth-order valence-electron chi connectivity index (χ4n) is 1.18. The molecular weight excluding hydrogens is 254 g/mol. The summed E-state index contributed by atoms with van der Waals surface area (Å²) in [5.41, 5.74) is 0.139. The van der Waals surface area contributed by atoms with E-state index in [-0.39, 0.29) is 11.3 Å². The van der Waals surface area contributed by atoms with E-state index in [9.17, 15) is 19.7 Å². The summed E-state index contributed by atoms with van der Waals surface area (Å²) < 4.78 is 4.63. The summed E-state index contributed by atoms with van der Waals surface area (Å²) >= 11 is 0. The molecule has 1 atom stereocenters. The van der Waals surface area contributed by atoms with Gasteiger partial charge >= 0.3 is 11.9 Å². The highest BCUT2D eigenvalue weighted by atomic mass is 16.6. The van der Waals surface area contributed by atoms with E-state index >= 15 is 0 Å². The topological polar surface area (TPSA) is 107 Å². The molecule has 0 spiro atoms. The van der Waals surface area contributed by atoms with Gasteiger partial charge < -0.3 is 9.84 Å². The Morgan fingerprint density at radius 2 is 1.89 bits per heavy atom. The number of hydrogen-bond acceptors (Lipinski definition) is 5. The van der Waals surface area contributed by atoms with Crippen LogP contribution in [0.4, 0.5) is 5.69 Å². The lowest BCUT2D eigenvalue weighted by Crippen LogP contribution is -2.23. The van der Waals surface area contributed by atoms with E-state index in [0.29, 0.717) is 5.56 Å². The van der Waals surface area contributed by atoms with E-state index < -0.39 is 23.0 Å². The molecule has 1 unspecified atom stereocenters. The van der Waals surface area contributed by atoms with Crippen LogP contribution in [0, 0.1) is 10.1 Å². The van der Waals surface area contributed by atoms with Crippen LogP contribution in [0.2, 0.25) is 0 Å². The number of aliphatic carboxylic acids is 1. The molecule has 0 aliphatic rings. The second-order valence-corrected chi connectivity index (χ2v) is 3.67. The van der Waals surface area contributed by atoms with Crippen molar-refractivity contribution in [3.63, 3.8) is 0 Å². The Hall–Kier alpha value is -2.70. The quantitative estimate of drug-likeness (QED) is 0.375. The van der Waals surface area contributed by atoms with Crippen LogP contribution in [0.25, 0.3) is 5.57 Å². The zero-order valence-electron chi connectivity index (χ0n) is 10.0. The van der Waals surface area contributed by atoms with Crippen LogP contribution in [-0.4, -0.2) is 28.1 Å². The van der Waals surface area contributed by atoms with E-state index in [1.807, 2.05) is 0 Å². The smallest absolute Gasteiger partial charge is 0.344 e. The highest BCUT2D eigenvalue weighted by Crippen LogP contribution is 2.19. The number of carboxylic acid groups (broad SMARTS) is 1. The molecule has 1 aromatic carbocycles. The Morgan fingerprint density at radius 3 is 2.32 bits per heavy atom. The summed E-state index contributed by atoms with van der Waals surface area (Å²) in [7, 11) is 0. The number of ether oxygens (including phenoxy) is 1. The van der Waals surface area contributed by atoms with E-state index in [0.717, 1.165) is 0 Å². The molecule has 1 rings (SSSR count). The van der Waals surface area contributed by atoms with Crippen LogP contribution in [0.15, 0.2) is 30.8 Å². The average Bonchev–Trinajstić information content (AvgIpc) is 2.37. The first kappa shape index (κ1) is 14.4. The molecule has 0 saturated heterocycles. The average molecular weight is 265 g/mol. The third-order valence-electron chi connectivity index (χ3n) is 2.30. The van der Waals surface area contributed by atoms with E-state index in [1.54, 1.807) is 0 Å². The molecule has 0 heterocycles. The van der Waals surface area contributed by atoms with E-state index in [1.165, 1.54) is 31.2 Å². The Bertz CT molecular complexity index is 534. The predicted octanol–water partition coefficient (Wildman–Crippen LogP) is 1.62. The number of esters is 1. The standard InChI is InChI=1S/C12H11NO6/c1-7(12(16)19-8(2)11(14)15)9-3-5-10(6-4-9)13(17)18/h3-6,8H,1H2,2H3,(H,14,15). The number of hydrogen-bond donors (Lipinski definition) is 1. The van der Waals surface area contributed by atoms with Gasteiger partial charge in [-0.1, -0.05) is 6.58 Å². The lowest BCUT2D eigenvalue weighted by Gasteiger charge is -2.10. The largest absolute Gasteiger partial charge is 0.479 e. The number of carbonyl (C=O) groups excluding carboxylic acids is 1. The van der Waals surface area contributed by atoms with Gasteiger partial charge in [-0.3, -0.25) is 10.1 Å². The molecule has 0 saturated carbocycles. The Morgan fingerprint density at radius 1 is 1.37 bits per heavy atom. The van der Waals surface area contributed by atoms with Gasteiger partial charge in [0.05, 0.1) is 10.5 Å². The zero-order chi connectivity index (χ0) is 14.6. The lowest BCUT2D eigenvalue weighted by atomic mass is 10.1. The van der Waals surface area contributed by atoms with Crippen LogP contribution in [0.3, 0.4) is 0 Å². The van der Waals surface area contributed by atoms with Gasteiger partial charge in [0.2, 0.25) is 0 Å². The first-order valence-corrected chi connectivity index (χ1v) is 5.20. The fourth-order valence-corrected chi connectivity index (χ4v) is 1.18. The highest BCUT2D eigenvalue weighted by Gasteiger charge is 2.19. The second-order valence-electron chi connectivity index (χ2n) is 3.67. The third kappa shape index (κ3) is 3.63. The molecule has 100 valence electrons. The molecule has 0 amide bonds. The first-order chi connectivity index (χ1) is 8.82. The van der Waals surface area contributed by atoms with Crippen LogP contribution in [0.1, 0.15) is 12.5 Å². The van der Waals surface area contributed by atoms with Crippen LogP contribution in [0.5, 0.6) is 0 Å². The number of carbonyl (C=O) groups is 2. The van der Waals surface area contributed by atoms with Gasteiger partial charge in [0.1, 0.15) is 0 Å². The molecule has 7 nitrogen and oxygen atoms in total. The van der Waals surface area contributed by atoms with Crippen LogP contribution in [-0.2, 0) is 14.3 Å². The normalized spacial score (nSPS) is 11.4. The summed E-state index contributed by atoms with van der Waals surface area (Å²) in [6, 6.07) is 5.11. The number of benzene rings is 1. The van der Waals surface area contributed by atoms with Gasteiger partial charge in [0.25, 0.3) is 5.69 Å². The van der Waals surface area contributed by atoms with Gasteiger partial charge in [-0.25, -0.2) is 9.59 Å². The third-order valence-corrected chi connectivity index (χ3v) is 2.30. The minimum atomic E-state index is -1.29. The number of nitro benzene ring substituents is 1. The van der Waals surface area contributed by atoms with Crippen LogP contribution < -0.4 is 0 Å². The van der Waals surface area contributed by atoms with Gasteiger partial charge in [-0.05, 0) is 24.6 Å². The molecule has 1 N–H and O–H groups in total. The van der Waals surface area contributed by atoms with E-state index in [2.05, 4.69) is 11.3 Å². The molecule has 0 aliphatic heterocycles. The van der Waals surface area contributed by atoms with Crippen molar-refractivity contribution in [2.24, 2.45) is 0 Å². The SMILES string of the molecule is C=C(C(=O)OC(C)C(=O)O)c1ccc([N+](=O)[O-])cc1. The van der Waals surface area contributed by atoms with Crippen molar-refractivity contribution >= 4 is 23.2 Å². The number of rotatable bonds is 5. The number of nitrogens with zero attached hydrogens (tertiary/aromatic N) is 1. The van der Waals surface area contributed by atoms with Crippen molar-refractivity contribution in [2.45, 2.75) is 13.0 Å². The molecule has 19 heavy (non-hydrogen) atoms. The van der Waals surface area contributed by atoms with Gasteiger partial charge in [0.15, 0.2) is 6.10 Å². The van der Waals surface area contributed by atoms with Gasteiger partial charge in [0, 0.05) is 12.1 Å². The van der Waals surface area contributed by atoms with Crippen molar-refractivity contribution in [2.75, 3.05) is 0 Å². The summed E-state index contributed by atoms with van der Waals surface area (Å²) in [6.07, 6.45) is -1.29. The van der Waals surface area contributed by atoms with Crippen molar-refractivity contribution in [1.82, 2.24) is 0 Å². The Kier molecular flexibility index (Phi) is 4.36. The number of non-ortho nitro benzene ring substituents is 1. The van der Waals surface area contributed by atoms with Gasteiger partial charge in [-0.2, -0.15) is 0 Å². The maximum atomic E-state index is 11.6. The van der Waals surface area contributed by atoms with Crippen molar-refractivity contribution in [1.29, 1.82) is 0 Å². The maximum Gasteiger partial charge on any atom is 0.344 e. The lowest BCUT2D eigenvalue weighted by molar-refractivity contribution is -0.384. The Balaban J connectivity index is 2.80. The minimum absolute atomic E-state index is 0.0667. The molecule has 0 aliphatic carbocycles. The molecule has 0 bridgehead atoms. The predicted molar refractivity (Wildman–Crippen MR) is 65.3 cm³/mol. The maximum absolute atomic E-state index is 11.6. The summed E-state index contributed by atoms with van der Waals surface area (Å²) in [6.45, 7) is 4.69. The van der Waals surface area contributed by atoms with Gasteiger partial charge in [-0.15, -0.1) is 0 Å². The van der Waals surface area contributed by atoms with Crippen LogP contribution >= 0.6 is 0 Å². The monoisotopic (exact) mass is 265 g/mol. The summed E-state index contributed by atoms with van der Waals surface area (Å²) in [4.78, 5) is 32.0. The van der Waals surface area contributed by atoms with Crippen molar-refractivity contribution in [3.8, 4) is 0 Å². The number of nitro groups is 1. The summed E-state index contributed by atoms with van der Waals surface area (Å²) in [5, 5.41) is 19.1. The fraction of sp³-hybridized carbons (Fsp3) is 0.167. The molecule has 7 heteroatoms. The molecule has 0 fully saturated rings.